The topological polar surface area (TPSA) is 9.23 Å². The van der Waals surface area contributed by atoms with Gasteiger partial charge in [0.25, 0.3) is 0 Å². The lowest BCUT2D eigenvalue weighted by molar-refractivity contribution is 0.149. The summed E-state index contributed by atoms with van der Waals surface area (Å²) in [5, 5.41) is 0.758. The van der Waals surface area contributed by atoms with Gasteiger partial charge in [-0.25, -0.2) is 0 Å². The molecule has 0 heterocycles. The van der Waals surface area contributed by atoms with Gasteiger partial charge < -0.3 is 4.74 Å². The fraction of sp³-hybridized carbons (Fsp3) is 0.600. The highest BCUT2D eigenvalue weighted by atomic mass is 35.5. The van der Waals surface area contributed by atoms with E-state index in [4.69, 9.17) is 16.3 Å². The Kier molecular flexibility index (Phi) is 5.07. The molecule has 0 N–H and O–H groups in total. The summed E-state index contributed by atoms with van der Waals surface area (Å²) in [6.45, 7) is 9.84. The van der Waals surface area contributed by atoms with E-state index in [1.54, 1.807) is 0 Å². The van der Waals surface area contributed by atoms with Gasteiger partial charge in [-0.05, 0) is 40.7 Å². The highest BCUT2D eigenvalue weighted by molar-refractivity contribution is 6.31. The zero-order valence-electron chi connectivity index (χ0n) is 8.44. The fourth-order valence-electron chi connectivity index (χ4n) is 0.729. The van der Waals surface area contributed by atoms with Crippen LogP contribution in [-0.2, 0) is 4.74 Å². The Morgan fingerprint density at radius 3 is 2.08 bits per heavy atom. The van der Waals surface area contributed by atoms with Crippen LogP contribution in [0.25, 0.3) is 0 Å². The summed E-state index contributed by atoms with van der Waals surface area (Å²) in [6.07, 6.45) is 2.06. The molecular weight excluding hydrogens is 172 g/mol. The summed E-state index contributed by atoms with van der Waals surface area (Å²) in [5.41, 5.74) is 1.10. The molecule has 0 aromatic rings. The predicted molar refractivity (Wildman–Crippen MR) is 54.2 cm³/mol. The molecule has 0 fully saturated rings. The van der Waals surface area contributed by atoms with E-state index in [2.05, 4.69) is 0 Å². The van der Waals surface area contributed by atoms with Crippen molar-refractivity contribution in [3.63, 3.8) is 0 Å². The maximum atomic E-state index is 5.92. The van der Waals surface area contributed by atoms with Crippen molar-refractivity contribution in [3.05, 3.63) is 22.4 Å². The first-order chi connectivity index (χ1) is 5.43. The molecule has 0 aliphatic heterocycles. The lowest BCUT2D eigenvalue weighted by atomic mass is 10.3. The third kappa shape index (κ3) is 5.25. The van der Waals surface area contributed by atoms with Gasteiger partial charge in [0.15, 0.2) is 0 Å². The van der Waals surface area contributed by atoms with Crippen molar-refractivity contribution in [1.82, 2.24) is 0 Å². The number of hydrogen-bond acceptors (Lipinski definition) is 1. The Labute approximate surface area is 80.1 Å². The van der Waals surface area contributed by atoms with E-state index < -0.39 is 0 Å². The van der Waals surface area contributed by atoms with Crippen molar-refractivity contribution in [2.75, 3.05) is 0 Å². The number of rotatable bonds is 3. The predicted octanol–water partition coefficient (Wildman–Crippen LogP) is 3.85. The minimum atomic E-state index is 0.211. The zero-order chi connectivity index (χ0) is 9.72. The van der Waals surface area contributed by atoms with E-state index in [1.807, 2.05) is 40.7 Å². The number of halogens is 1. The van der Waals surface area contributed by atoms with Crippen molar-refractivity contribution >= 4 is 11.6 Å². The minimum Gasteiger partial charge on any atom is -0.496 e. The van der Waals surface area contributed by atoms with E-state index in [1.165, 1.54) is 0 Å². The van der Waals surface area contributed by atoms with Crippen molar-refractivity contribution in [1.29, 1.82) is 0 Å². The van der Waals surface area contributed by atoms with E-state index in [9.17, 15) is 0 Å². The van der Waals surface area contributed by atoms with Gasteiger partial charge in [-0.3, -0.25) is 0 Å². The monoisotopic (exact) mass is 188 g/mol. The third-order valence-corrected chi connectivity index (χ3v) is 1.72. The van der Waals surface area contributed by atoms with Crippen LogP contribution >= 0.6 is 11.6 Å². The molecule has 0 aliphatic carbocycles. The second kappa shape index (κ2) is 5.26. The largest absolute Gasteiger partial charge is 0.496 e. The van der Waals surface area contributed by atoms with Gasteiger partial charge in [0, 0.05) is 5.03 Å². The van der Waals surface area contributed by atoms with Gasteiger partial charge in [-0.2, -0.15) is 0 Å². The first-order valence-electron chi connectivity index (χ1n) is 4.11. The highest BCUT2D eigenvalue weighted by Crippen LogP contribution is 2.13. The van der Waals surface area contributed by atoms with Crippen LogP contribution in [0.1, 0.15) is 34.6 Å². The van der Waals surface area contributed by atoms with Gasteiger partial charge in [0.1, 0.15) is 0 Å². The average molecular weight is 189 g/mol. The molecule has 0 aromatic heterocycles. The number of allylic oxidation sites excluding steroid dienone is 4. The average Bonchev–Trinajstić information content (AvgIpc) is 1.84. The molecule has 0 bridgehead atoms. The van der Waals surface area contributed by atoms with Crippen LogP contribution in [0.4, 0.5) is 0 Å². The molecule has 0 saturated carbocycles. The summed E-state index contributed by atoms with van der Waals surface area (Å²) < 4.78 is 5.41. The van der Waals surface area contributed by atoms with Gasteiger partial charge in [0.05, 0.1) is 11.9 Å². The van der Waals surface area contributed by atoms with Crippen LogP contribution in [0, 0.1) is 0 Å². The first kappa shape index (κ1) is 11.6. The molecule has 0 rings (SSSR count). The minimum absolute atomic E-state index is 0.211. The lowest BCUT2D eigenvalue weighted by Gasteiger charge is -2.09. The summed E-state index contributed by atoms with van der Waals surface area (Å²) in [4.78, 5) is 0. The molecule has 12 heavy (non-hydrogen) atoms. The Morgan fingerprint density at radius 2 is 1.75 bits per heavy atom. The molecular formula is C10H17ClO. The molecule has 0 atom stereocenters. The Morgan fingerprint density at radius 1 is 1.25 bits per heavy atom. The zero-order valence-corrected chi connectivity index (χ0v) is 9.20. The quantitative estimate of drug-likeness (QED) is 0.483. The van der Waals surface area contributed by atoms with E-state index >= 15 is 0 Å². The highest BCUT2D eigenvalue weighted by Gasteiger charge is 1.96. The summed E-state index contributed by atoms with van der Waals surface area (Å²) in [6, 6.07) is 0. The van der Waals surface area contributed by atoms with E-state index in [0.29, 0.717) is 0 Å². The van der Waals surface area contributed by atoms with Crippen molar-refractivity contribution < 1.29 is 4.74 Å². The van der Waals surface area contributed by atoms with Crippen molar-refractivity contribution in [2.24, 2.45) is 0 Å². The van der Waals surface area contributed by atoms with E-state index in [-0.39, 0.29) is 6.10 Å². The van der Waals surface area contributed by atoms with Crippen LogP contribution in [-0.4, -0.2) is 6.10 Å². The molecule has 2 heteroatoms. The Bertz CT molecular complexity index is 198. The molecule has 0 amide bonds. The molecule has 1 nitrogen and oxygen atoms in total. The maximum absolute atomic E-state index is 5.92. The SMILES string of the molecule is CC(C)=C(Cl)/C=C(\C)OC(C)C. The molecule has 0 spiro atoms. The fourth-order valence-corrected chi connectivity index (χ4v) is 0.882. The van der Waals surface area contributed by atoms with Gasteiger partial charge >= 0.3 is 0 Å². The second-order valence-corrected chi connectivity index (χ2v) is 3.68. The normalized spacial score (nSPS) is 11.8. The lowest BCUT2D eigenvalue weighted by Crippen LogP contribution is -1.99. The first-order valence-corrected chi connectivity index (χ1v) is 4.49. The molecule has 0 unspecified atom stereocenters. The van der Waals surface area contributed by atoms with Crippen molar-refractivity contribution in [3.8, 4) is 0 Å². The van der Waals surface area contributed by atoms with Gasteiger partial charge in [-0.15, -0.1) is 0 Å². The van der Waals surface area contributed by atoms with Crippen molar-refractivity contribution in [2.45, 2.75) is 40.7 Å². The van der Waals surface area contributed by atoms with Gasteiger partial charge in [0.2, 0.25) is 0 Å². The molecule has 0 aliphatic rings. The van der Waals surface area contributed by atoms with E-state index in [0.717, 1.165) is 16.4 Å². The summed E-state index contributed by atoms with van der Waals surface area (Å²) in [5.74, 6) is 0.858. The smallest absolute Gasteiger partial charge is 0.0947 e. The Hall–Kier alpha value is -0.430. The molecule has 70 valence electrons. The van der Waals surface area contributed by atoms with Crippen LogP contribution in [0.5, 0.6) is 0 Å². The third-order valence-electron chi connectivity index (χ3n) is 1.23. The van der Waals surface area contributed by atoms with Gasteiger partial charge in [-0.1, -0.05) is 17.2 Å². The molecule has 0 saturated heterocycles. The van der Waals surface area contributed by atoms with Crippen LogP contribution in [0.15, 0.2) is 22.4 Å². The second-order valence-electron chi connectivity index (χ2n) is 3.27. The number of ether oxygens (including phenoxy) is 1. The van der Waals surface area contributed by atoms with Crippen LogP contribution in [0.3, 0.4) is 0 Å². The summed E-state index contributed by atoms with van der Waals surface area (Å²) in [7, 11) is 0. The standard InChI is InChI=1S/C10H17ClO/c1-7(2)10(11)6-9(5)12-8(3)4/h6,8H,1-5H3/b9-6+. The maximum Gasteiger partial charge on any atom is 0.0947 e. The Balaban J connectivity index is 4.27. The van der Waals surface area contributed by atoms with Crippen LogP contribution in [0.2, 0.25) is 0 Å². The summed E-state index contributed by atoms with van der Waals surface area (Å²) >= 11 is 5.92. The molecule has 0 radical (unpaired) electrons. The van der Waals surface area contributed by atoms with Crippen LogP contribution < -0.4 is 0 Å². The number of hydrogen-bond donors (Lipinski definition) is 0. The molecule has 0 aromatic carbocycles.